The van der Waals surface area contributed by atoms with Crippen molar-refractivity contribution in [2.24, 2.45) is 0 Å². The molecule has 1 saturated heterocycles. The Morgan fingerprint density at radius 1 is 0.795 bits per heavy atom. The topological polar surface area (TPSA) is 69.3 Å². The first-order valence-corrected chi connectivity index (χ1v) is 15.5. The summed E-state index contributed by atoms with van der Waals surface area (Å²) in [6.07, 6.45) is 1.76. The van der Waals surface area contributed by atoms with E-state index in [9.17, 15) is 14.9 Å². The van der Waals surface area contributed by atoms with Crippen molar-refractivity contribution in [3.63, 3.8) is 0 Å². The summed E-state index contributed by atoms with van der Waals surface area (Å²) in [5, 5.41) is 10.9. The summed E-state index contributed by atoms with van der Waals surface area (Å²) in [6, 6.07) is 39.2. The average Bonchev–Trinajstić information content (AvgIpc) is 3.39. The largest absolute Gasteiger partial charge is 0.335 e. The fourth-order valence-electron chi connectivity index (χ4n) is 5.59. The van der Waals surface area contributed by atoms with E-state index in [0.29, 0.717) is 46.1 Å². The van der Waals surface area contributed by atoms with E-state index in [4.69, 9.17) is 11.6 Å². The van der Waals surface area contributed by atoms with Gasteiger partial charge in [0.2, 0.25) is 0 Å². The first kappa shape index (κ1) is 29.3. The molecule has 0 N–H and O–H groups in total. The normalized spacial score (nSPS) is 14.8. The van der Waals surface area contributed by atoms with Crippen molar-refractivity contribution in [3.05, 3.63) is 157 Å². The van der Waals surface area contributed by atoms with E-state index in [-0.39, 0.29) is 23.1 Å². The molecule has 4 aromatic carbocycles. The molecule has 5 aromatic rings. The van der Waals surface area contributed by atoms with Crippen LogP contribution in [0.4, 0.5) is 0 Å². The maximum atomic E-state index is 14.0. The average molecular weight is 617 g/mol. The second kappa shape index (κ2) is 13.3. The van der Waals surface area contributed by atoms with Gasteiger partial charge in [0.1, 0.15) is 10.7 Å². The van der Waals surface area contributed by atoms with Crippen molar-refractivity contribution in [1.82, 2.24) is 14.4 Å². The summed E-state index contributed by atoms with van der Waals surface area (Å²) in [7, 11) is 0. The number of halogens is 1. The lowest BCUT2D eigenvalue weighted by Gasteiger charge is -2.39. The Morgan fingerprint density at radius 2 is 1.34 bits per heavy atom. The summed E-state index contributed by atoms with van der Waals surface area (Å²) in [5.74, 6) is -0.368. The predicted molar refractivity (Wildman–Crippen MR) is 176 cm³/mol. The van der Waals surface area contributed by atoms with Crippen molar-refractivity contribution in [3.8, 4) is 11.8 Å². The van der Waals surface area contributed by atoms with Gasteiger partial charge in [-0.2, -0.15) is 5.26 Å². The Bertz CT molecular complexity index is 1940. The third-order valence-electron chi connectivity index (χ3n) is 7.74. The second-order valence-corrected chi connectivity index (χ2v) is 11.9. The number of hydrogen-bond acceptors (Lipinski definition) is 5. The zero-order valence-corrected chi connectivity index (χ0v) is 25.4. The highest BCUT2D eigenvalue weighted by Gasteiger charge is 2.30. The molecule has 8 heteroatoms. The summed E-state index contributed by atoms with van der Waals surface area (Å²) in [4.78, 5) is 31.8. The Balaban J connectivity index is 1.35. The fraction of sp³-hybridized carbons (Fsp3) is 0.139. The predicted octanol–water partition coefficient (Wildman–Crippen LogP) is 4.99. The van der Waals surface area contributed by atoms with Gasteiger partial charge in [0.05, 0.1) is 16.3 Å². The van der Waals surface area contributed by atoms with Crippen LogP contribution in [0.15, 0.2) is 120 Å². The summed E-state index contributed by atoms with van der Waals surface area (Å²) in [6.45, 7) is 2.21. The highest BCUT2D eigenvalue weighted by Crippen LogP contribution is 2.29. The molecular weight excluding hydrogens is 588 g/mol. The molecule has 218 valence electrons. The van der Waals surface area contributed by atoms with Gasteiger partial charge in [-0.25, -0.2) is 0 Å². The number of rotatable bonds is 6. The van der Waals surface area contributed by atoms with Crippen LogP contribution in [-0.2, 0) is 4.79 Å². The minimum atomic E-state index is -0.368. The Kier molecular flexibility index (Phi) is 8.85. The lowest BCUT2D eigenvalue weighted by atomic mass is 9.96. The van der Waals surface area contributed by atoms with E-state index in [1.54, 1.807) is 35.2 Å². The van der Waals surface area contributed by atoms with Crippen molar-refractivity contribution >= 4 is 40.5 Å². The lowest BCUT2D eigenvalue weighted by molar-refractivity contribution is -0.126. The molecule has 0 atom stereocenters. The summed E-state index contributed by atoms with van der Waals surface area (Å²) in [5.41, 5.74) is 3.45. The highest BCUT2D eigenvalue weighted by molar-refractivity contribution is 7.07. The first-order valence-electron chi connectivity index (χ1n) is 14.4. The van der Waals surface area contributed by atoms with Crippen LogP contribution in [0.25, 0.3) is 17.3 Å². The van der Waals surface area contributed by atoms with Gasteiger partial charge in [-0.05, 0) is 47.0 Å². The van der Waals surface area contributed by atoms with Crippen LogP contribution in [0.3, 0.4) is 0 Å². The van der Waals surface area contributed by atoms with Gasteiger partial charge in [-0.1, -0.05) is 103 Å². The molecule has 2 heterocycles. The number of carbonyl (C=O) groups excluding carboxylic acids is 1. The number of amides is 1. The molecule has 1 aromatic heterocycles. The number of piperazine rings is 1. The van der Waals surface area contributed by atoms with E-state index in [0.717, 1.165) is 16.9 Å². The number of hydrogen-bond donors (Lipinski definition) is 0. The third-order valence-corrected chi connectivity index (χ3v) is 9.09. The van der Waals surface area contributed by atoms with Gasteiger partial charge >= 0.3 is 0 Å². The van der Waals surface area contributed by atoms with E-state index in [1.807, 2.05) is 66.7 Å². The minimum absolute atomic E-state index is 0.0390. The maximum absolute atomic E-state index is 14.0. The number of thiazole rings is 1. The fourth-order valence-corrected chi connectivity index (χ4v) is 6.81. The van der Waals surface area contributed by atoms with Crippen LogP contribution in [0.1, 0.15) is 22.7 Å². The Labute approximate surface area is 264 Å². The molecule has 0 saturated carbocycles. The van der Waals surface area contributed by atoms with Gasteiger partial charge in [0.15, 0.2) is 5.57 Å². The number of para-hydroxylation sites is 1. The van der Waals surface area contributed by atoms with Gasteiger partial charge in [-0.3, -0.25) is 19.1 Å². The first-order chi connectivity index (χ1) is 21.5. The van der Waals surface area contributed by atoms with E-state index in [2.05, 4.69) is 35.2 Å². The van der Waals surface area contributed by atoms with Crippen molar-refractivity contribution in [1.29, 1.82) is 5.26 Å². The molecule has 1 fully saturated rings. The van der Waals surface area contributed by atoms with Crippen LogP contribution in [0.2, 0.25) is 5.02 Å². The van der Waals surface area contributed by atoms with Gasteiger partial charge < -0.3 is 4.90 Å². The van der Waals surface area contributed by atoms with Crippen LogP contribution >= 0.6 is 22.9 Å². The van der Waals surface area contributed by atoms with Crippen molar-refractivity contribution in [2.75, 3.05) is 26.2 Å². The molecule has 1 aliphatic rings. The molecule has 0 bridgehead atoms. The van der Waals surface area contributed by atoms with Crippen LogP contribution in [-0.4, -0.2) is 46.5 Å². The third kappa shape index (κ3) is 6.15. The SMILES string of the molecule is N#CC(C(=O)N1CCN(C(c2ccccc2)c2ccccc2)CC1)=c1sc(=Cc2ccc(Cl)cc2)c(=O)n1-c1ccccc1. The zero-order chi connectivity index (χ0) is 30.5. The zero-order valence-electron chi connectivity index (χ0n) is 23.8. The van der Waals surface area contributed by atoms with Crippen LogP contribution < -0.4 is 14.8 Å². The number of nitriles is 1. The highest BCUT2D eigenvalue weighted by atomic mass is 35.5. The number of carbonyl (C=O) groups is 1. The lowest BCUT2D eigenvalue weighted by Crippen LogP contribution is -2.50. The minimum Gasteiger partial charge on any atom is -0.335 e. The number of benzene rings is 4. The standard InChI is InChI=1S/C36H29ClN4O2S/c37-29-18-16-26(17-19-29)24-32-35(43)41(30-14-8-3-9-15-30)36(44-32)31(25-38)34(42)40-22-20-39(21-23-40)33(27-10-4-1-5-11-27)28-12-6-2-7-13-28/h1-19,24,33H,20-23H2. The van der Waals surface area contributed by atoms with E-state index >= 15 is 0 Å². The van der Waals surface area contributed by atoms with Crippen LogP contribution in [0.5, 0.6) is 0 Å². The molecule has 0 radical (unpaired) electrons. The molecule has 6 rings (SSSR count). The van der Waals surface area contributed by atoms with E-state index < -0.39 is 0 Å². The second-order valence-electron chi connectivity index (χ2n) is 10.5. The quantitative estimate of drug-likeness (QED) is 0.270. The van der Waals surface area contributed by atoms with Gasteiger partial charge in [0, 0.05) is 31.2 Å². The summed E-state index contributed by atoms with van der Waals surface area (Å²) >= 11 is 7.20. The van der Waals surface area contributed by atoms with Gasteiger partial charge in [-0.15, -0.1) is 11.3 Å². The molecule has 1 aliphatic heterocycles. The smallest absolute Gasteiger partial charge is 0.273 e. The monoisotopic (exact) mass is 616 g/mol. The molecule has 44 heavy (non-hydrogen) atoms. The number of nitrogens with zero attached hydrogens (tertiary/aromatic N) is 4. The van der Waals surface area contributed by atoms with Crippen molar-refractivity contribution < 1.29 is 4.79 Å². The molecule has 0 aliphatic carbocycles. The van der Waals surface area contributed by atoms with E-state index in [1.165, 1.54) is 15.7 Å². The molecule has 6 nitrogen and oxygen atoms in total. The Morgan fingerprint density at radius 3 is 1.89 bits per heavy atom. The molecule has 0 spiro atoms. The number of aromatic nitrogens is 1. The maximum Gasteiger partial charge on any atom is 0.273 e. The molecule has 1 amide bonds. The molecule has 0 unspecified atom stereocenters. The molecular formula is C36H29ClN4O2S. The van der Waals surface area contributed by atoms with Crippen molar-refractivity contribution in [2.45, 2.75) is 6.04 Å². The van der Waals surface area contributed by atoms with Crippen LogP contribution in [0, 0.1) is 11.3 Å². The summed E-state index contributed by atoms with van der Waals surface area (Å²) < 4.78 is 2.22. The van der Waals surface area contributed by atoms with Gasteiger partial charge in [0.25, 0.3) is 11.5 Å². The Hall–Kier alpha value is -4.74.